The van der Waals surface area contributed by atoms with E-state index in [4.69, 9.17) is 0 Å². The Morgan fingerprint density at radius 3 is 0.429 bits per heavy atom. The zero-order chi connectivity index (χ0) is 0. The first-order valence-electron chi connectivity index (χ1n) is 0. The van der Waals surface area contributed by atoms with Gasteiger partial charge in [-0.2, -0.15) is 0 Å². The molecule has 42 valence electrons. The number of hydrogen-bond acceptors (Lipinski definition) is 5. The predicted octanol–water partition coefficient (Wildman–Crippen LogP) is -3.88. The van der Waals surface area contributed by atoms with Crippen LogP contribution in [0.4, 0.5) is 0 Å². The van der Waals surface area contributed by atoms with Crippen molar-refractivity contribution in [2.24, 2.45) is 0 Å². The normalized spacial score (nSPS) is 0. The largest absolute Gasteiger partial charge is 4.00 e. The van der Waals surface area contributed by atoms with Crippen LogP contribution >= 0.6 is 0 Å². The maximum Gasteiger partial charge on any atom is 4.00 e. The molecule has 0 rings (SSSR count). The topological polar surface area (TPSA) is 150 Å². The molecule has 5 N–H and O–H groups in total. The molecule has 0 atom stereocenters. The molecular weight excluding hydrogens is 287 g/mol. The molecule has 7 heteroatoms. The Hall–Kier alpha value is 1.49. The third kappa shape index (κ3) is 102. The fourth-order valence-electron chi connectivity index (χ4n) is 0. The Balaban J connectivity index is 0. The maximum absolute atomic E-state index is 0. The van der Waals surface area contributed by atoms with Gasteiger partial charge < -0.3 is 27.4 Å². The van der Waals surface area contributed by atoms with Crippen molar-refractivity contribution in [2.75, 3.05) is 0 Å². The molecule has 7 heavy (non-hydrogen) atoms. The van der Waals surface area contributed by atoms with Crippen molar-refractivity contribution in [3.8, 4) is 0 Å². The second kappa shape index (κ2) is 142. The van der Waals surface area contributed by atoms with Crippen molar-refractivity contribution in [3.05, 3.63) is 0 Å². The first-order chi connectivity index (χ1) is 0. The van der Waals surface area contributed by atoms with Gasteiger partial charge in [0.25, 0.3) is 0 Å². The van der Waals surface area contributed by atoms with E-state index in [1.165, 1.54) is 0 Å². The van der Waals surface area contributed by atoms with E-state index in [-0.39, 0.29) is 78.0 Å². The van der Waals surface area contributed by atoms with Crippen molar-refractivity contribution in [2.45, 2.75) is 0 Å². The van der Waals surface area contributed by atoms with Gasteiger partial charge in [-0.25, -0.2) is 0 Å². The first kappa shape index (κ1) is 215. The van der Waals surface area contributed by atoms with Crippen molar-refractivity contribution in [3.63, 3.8) is 0 Å². The van der Waals surface area contributed by atoms with Crippen molar-refractivity contribution in [1.82, 2.24) is 0 Å². The second-order valence-electron chi connectivity index (χ2n) is 0. The molecule has 0 saturated heterocycles. The smallest absolute Gasteiger partial charge is 0.870 e. The minimum atomic E-state index is 0. The van der Waals surface area contributed by atoms with Crippen LogP contribution in [0.5, 0.6) is 0 Å². The van der Waals surface area contributed by atoms with Gasteiger partial charge in [0.15, 0.2) is 0 Å². The summed E-state index contributed by atoms with van der Waals surface area (Å²) in [5.41, 5.74) is 0. The zero-order valence-corrected chi connectivity index (χ0v) is 8.58. The van der Waals surface area contributed by atoms with Crippen molar-refractivity contribution >= 4 is 0 Å². The predicted molar refractivity (Wildman–Crippen MR) is 9.68 cm³/mol. The van der Waals surface area contributed by atoms with E-state index in [1.807, 2.05) is 0 Å². The summed E-state index contributed by atoms with van der Waals surface area (Å²) in [7, 11) is 0. The molecule has 0 aromatic rings. The van der Waals surface area contributed by atoms with E-state index in [1.54, 1.807) is 0 Å². The van der Waals surface area contributed by atoms with Crippen LogP contribution in [0.1, 0.15) is 0 Å². The Morgan fingerprint density at radius 2 is 0.429 bits per heavy atom. The van der Waals surface area contributed by atoms with E-state index in [2.05, 4.69) is 0 Å². The number of rotatable bonds is 0. The summed E-state index contributed by atoms with van der Waals surface area (Å²) in [4.78, 5) is 0. The molecule has 0 saturated carbocycles. The first-order valence-corrected chi connectivity index (χ1v) is 0. The van der Waals surface area contributed by atoms with Gasteiger partial charge in [0.2, 0.25) is 0 Å². The van der Waals surface area contributed by atoms with Gasteiger partial charge in [0.1, 0.15) is 0 Å². The van der Waals surface area contributed by atoms with Gasteiger partial charge in [0.05, 0.1) is 0 Å². The third-order valence-electron chi connectivity index (χ3n) is 0. The fraction of sp³-hybridized carbons (Fsp3) is 0. The second-order valence-corrected chi connectivity index (χ2v) is 0. The average molecular weight is 292 g/mol. The van der Waals surface area contributed by atoms with Gasteiger partial charge in [-0.05, 0) is 0 Å². The van der Waals surface area contributed by atoms with Crippen LogP contribution in [0.15, 0.2) is 0 Å². The monoisotopic (exact) mass is 292 g/mol. The maximum atomic E-state index is 0. The molecular formula is H5NaO5W. The Kier molecular flexibility index (Phi) is 4370. The van der Waals surface area contributed by atoms with Crippen LogP contribution in [0, 0.1) is 0 Å². The SMILES string of the molecule is [Na+].[OH-].[OH-].[OH-].[OH-].[OH-].[W+4]. The Bertz CT molecular complexity index is 8.04. The van der Waals surface area contributed by atoms with E-state index in [0.29, 0.717) is 0 Å². The summed E-state index contributed by atoms with van der Waals surface area (Å²) in [6.45, 7) is 0. The molecule has 0 amide bonds. The van der Waals surface area contributed by atoms with Gasteiger partial charge in [-0.3, -0.25) is 0 Å². The summed E-state index contributed by atoms with van der Waals surface area (Å²) < 4.78 is 0. The van der Waals surface area contributed by atoms with E-state index in [9.17, 15) is 0 Å². The van der Waals surface area contributed by atoms with E-state index >= 15 is 0 Å². The van der Waals surface area contributed by atoms with Gasteiger partial charge >= 0.3 is 50.6 Å². The molecule has 0 bridgehead atoms. The molecule has 0 aliphatic carbocycles. The van der Waals surface area contributed by atoms with Gasteiger partial charge in [-0.1, -0.05) is 0 Å². The van der Waals surface area contributed by atoms with Crippen LogP contribution < -0.4 is 29.6 Å². The van der Waals surface area contributed by atoms with Crippen LogP contribution in [-0.4, -0.2) is 27.4 Å². The summed E-state index contributed by atoms with van der Waals surface area (Å²) in [6.07, 6.45) is 0. The summed E-state index contributed by atoms with van der Waals surface area (Å²) in [5, 5.41) is 0. The zero-order valence-electron chi connectivity index (χ0n) is 3.64. The molecule has 0 aromatic heterocycles. The van der Waals surface area contributed by atoms with E-state index in [0.717, 1.165) is 0 Å². The van der Waals surface area contributed by atoms with Crippen LogP contribution in [0.25, 0.3) is 0 Å². The molecule has 0 radical (unpaired) electrons. The van der Waals surface area contributed by atoms with Crippen LogP contribution in [0.2, 0.25) is 0 Å². The molecule has 0 heterocycles. The van der Waals surface area contributed by atoms with E-state index < -0.39 is 0 Å². The van der Waals surface area contributed by atoms with Gasteiger partial charge in [-0.15, -0.1) is 0 Å². The standard InChI is InChI=1S/Na.5H2O.W/h;5*1H2;/q+1;;;;;;+4/p-5. The molecule has 0 aliphatic heterocycles. The molecule has 0 aliphatic rings. The molecule has 0 fully saturated rings. The van der Waals surface area contributed by atoms with Crippen LogP contribution in [0.3, 0.4) is 0 Å². The Morgan fingerprint density at radius 1 is 0.429 bits per heavy atom. The summed E-state index contributed by atoms with van der Waals surface area (Å²) in [6, 6.07) is 0. The average Bonchev–Trinajstić information content (AvgIpc) is 0. The number of hydrogen-bond donors (Lipinski definition) is 0. The molecule has 0 unspecified atom stereocenters. The molecule has 0 spiro atoms. The Labute approximate surface area is 77.6 Å². The van der Waals surface area contributed by atoms with Crippen LogP contribution in [-0.2, 0) is 21.1 Å². The van der Waals surface area contributed by atoms with Gasteiger partial charge in [0, 0.05) is 0 Å². The summed E-state index contributed by atoms with van der Waals surface area (Å²) in [5.74, 6) is 0. The fourth-order valence-corrected chi connectivity index (χ4v) is 0. The quantitative estimate of drug-likeness (QED) is 0.418. The van der Waals surface area contributed by atoms with Crippen molar-refractivity contribution < 1.29 is 78.0 Å². The minimum Gasteiger partial charge on any atom is -0.870 e. The summed E-state index contributed by atoms with van der Waals surface area (Å²) >= 11 is 0. The third-order valence-corrected chi connectivity index (χ3v) is 0. The molecule has 0 aromatic carbocycles. The minimum absolute atomic E-state index is 0. The molecule has 5 nitrogen and oxygen atoms in total. The van der Waals surface area contributed by atoms with Crippen molar-refractivity contribution in [1.29, 1.82) is 0 Å².